The van der Waals surface area contributed by atoms with Crippen molar-refractivity contribution in [2.24, 2.45) is 5.73 Å². The largest absolute Gasteiger partial charge is 0.480 e. The van der Waals surface area contributed by atoms with Crippen LogP contribution in [0.25, 0.3) is 0 Å². The highest BCUT2D eigenvalue weighted by Gasteiger charge is 2.31. The number of nitrogens with two attached hydrogens (primary N) is 1. The molecule has 0 aliphatic heterocycles. The highest BCUT2D eigenvalue weighted by atomic mass is 35.5. The summed E-state index contributed by atoms with van der Waals surface area (Å²) in [5.41, 5.74) is 4.74. The Morgan fingerprint density at radius 2 is 2.11 bits per heavy atom. The number of carbonyl (C=O) groups excluding carboxylic acids is 1. The molecule has 1 unspecified atom stereocenters. The average molecular weight is 271 g/mol. The van der Waals surface area contributed by atoms with Crippen LogP contribution in [-0.2, 0) is 4.79 Å². The van der Waals surface area contributed by atoms with E-state index in [4.69, 9.17) is 22.4 Å². The number of carboxylic acids is 1. The van der Waals surface area contributed by atoms with Crippen molar-refractivity contribution in [3.05, 3.63) is 28.8 Å². The molecule has 1 aromatic rings. The molecule has 1 rings (SSSR count). The van der Waals surface area contributed by atoms with E-state index in [1.54, 1.807) is 19.9 Å². The van der Waals surface area contributed by atoms with E-state index in [-0.39, 0.29) is 10.6 Å². The van der Waals surface area contributed by atoms with Gasteiger partial charge >= 0.3 is 5.97 Å². The fraction of sp³-hybridized carbons (Fsp3) is 0.333. The molecule has 1 aromatic carbocycles. The summed E-state index contributed by atoms with van der Waals surface area (Å²) < 4.78 is 0. The van der Waals surface area contributed by atoms with Crippen molar-refractivity contribution in [3.8, 4) is 0 Å². The Morgan fingerprint density at radius 1 is 1.50 bits per heavy atom. The van der Waals surface area contributed by atoms with Gasteiger partial charge in [0.1, 0.15) is 5.54 Å². The fourth-order valence-corrected chi connectivity index (χ4v) is 1.59. The van der Waals surface area contributed by atoms with Crippen molar-refractivity contribution in [1.82, 2.24) is 0 Å². The maximum atomic E-state index is 11.2. The maximum Gasteiger partial charge on any atom is 0.329 e. The van der Waals surface area contributed by atoms with E-state index in [0.29, 0.717) is 12.1 Å². The van der Waals surface area contributed by atoms with Crippen LogP contribution in [0.5, 0.6) is 0 Å². The summed E-state index contributed by atoms with van der Waals surface area (Å²) >= 11 is 5.98. The highest BCUT2D eigenvalue weighted by Crippen LogP contribution is 2.27. The summed E-state index contributed by atoms with van der Waals surface area (Å²) in [5, 5.41) is 12.3. The molecule has 5 nitrogen and oxygen atoms in total. The Balaban J connectivity index is 3.05. The number of hydrogen-bond donors (Lipinski definition) is 3. The zero-order valence-corrected chi connectivity index (χ0v) is 10.9. The first-order chi connectivity index (χ1) is 8.30. The first kappa shape index (κ1) is 14.3. The number of nitrogens with one attached hydrogen (secondary N) is 1. The van der Waals surface area contributed by atoms with Crippen molar-refractivity contribution >= 4 is 29.2 Å². The van der Waals surface area contributed by atoms with Crippen LogP contribution in [0.2, 0.25) is 5.02 Å². The van der Waals surface area contributed by atoms with Crippen LogP contribution in [0.4, 0.5) is 5.69 Å². The molecule has 1 atom stereocenters. The third kappa shape index (κ3) is 2.92. The Hall–Kier alpha value is -1.75. The van der Waals surface area contributed by atoms with E-state index in [0.717, 1.165) is 0 Å². The van der Waals surface area contributed by atoms with Crippen molar-refractivity contribution in [1.29, 1.82) is 0 Å². The van der Waals surface area contributed by atoms with E-state index in [1.807, 2.05) is 0 Å². The smallest absolute Gasteiger partial charge is 0.329 e. The van der Waals surface area contributed by atoms with E-state index < -0.39 is 17.4 Å². The Bertz CT molecular complexity index is 490. The minimum absolute atomic E-state index is 0.257. The van der Waals surface area contributed by atoms with Gasteiger partial charge in [0, 0.05) is 5.56 Å². The number of carboxylic acid groups (broad SMARTS) is 1. The summed E-state index contributed by atoms with van der Waals surface area (Å²) in [7, 11) is 0. The average Bonchev–Trinajstić information content (AvgIpc) is 2.31. The van der Waals surface area contributed by atoms with Crippen molar-refractivity contribution in [2.75, 3.05) is 5.32 Å². The van der Waals surface area contributed by atoms with Gasteiger partial charge < -0.3 is 16.2 Å². The van der Waals surface area contributed by atoms with Gasteiger partial charge in [0.15, 0.2) is 0 Å². The Kier molecular flexibility index (Phi) is 4.19. The Labute approximate surface area is 110 Å². The maximum absolute atomic E-state index is 11.2. The molecule has 1 amide bonds. The van der Waals surface area contributed by atoms with Crippen molar-refractivity contribution in [3.63, 3.8) is 0 Å². The molecule has 0 bridgehead atoms. The summed E-state index contributed by atoms with van der Waals surface area (Å²) in [4.78, 5) is 22.1. The summed E-state index contributed by atoms with van der Waals surface area (Å²) in [6, 6.07) is 4.44. The minimum Gasteiger partial charge on any atom is -0.480 e. The molecule has 0 radical (unpaired) electrons. The SMILES string of the molecule is CCC(C)(Nc1ccc(C(N)=O)cc1Cl)C(=O)O. The lowest BCUT2D eigenvalue weighted by Crippen LogP contribution is -2.42. The number of carbonyl (C=O) groups is 2. The second kappa shape index (κ2) is 5.27. The van der Waals surface area contributed by atoms with Crippen LogP contribution >= 0.6 is 11.6 Å². The fourth-order valence-electron chi connectivity index (χ4n) is 1.36. The van der Waals surface area contributed by atoms with Gasteiger partial charge in [0.05, 0.1) is 10.7 Å². The van der Waals surface area contributed by atoms with Crippen LogP contribution in [0.15, 0.2) is 18.2 Å². The number of hydrogen-bond acceptors (Lipinski definition) is 3. The molecule has 0 saturated carbocycles. The monoisotopic (exact) mass is 270 g/mol. The molecular formula is C12H15ClN2O3. The van der Waals surface area contributed by atoms with Crippen molar-refractivity contribution in [2.45, 2.75) is 25.8 Å². The first-order valence-corrected chi connectivity index (χ1v) is 5.79. The van der Waals surface area contributed by atoms with Gasteiger partial charge in [-0.05, 0) is 31.5 Å². The second-order valence-electron chi connectivity index (χ2n) is 4.17. The predicted molar refractivity (Wildman–Crippen MR) is 69.9 cm³/mol. The van der Waals surface area contributed by atoms with Gasteiger partial charge in [0.2, 0.25) is 5.91 Å². The summed E-state index contributed by atoms with van der Waals surface area (Å²) in [5.74, 6) is -1.56. The van der Waals surface area contributed by atoms with Gasteiger partial charge in [-0.15, -0.1) is 0 Å². The van der Waals surface area contributed by atoms with Crippen LogP contribution in [0, 0.1) is 0 Å². The molecule has 0 spiro atoms. The van der Waals surface area contributed by atoms with Gasteiger partial charge in [-0.3, -0.25) is 4.79 Å². The van der Waals surface area contributed by atoms with Gasteiger partial charge in [-0.2, -0.15) is 0 Å². The van der Waals surface area contributed by atoms with E-state index in [2.05, 4.69) is 5.32 Å². The van der Waals surface area contributed by atoms with Gasteiger partial charge in [-0.1, -0.05) is 18.5 Å². The van der Waals surface area contributed by atoms with E-state index >= 15 is 0 Å². The number of primary amides is 1. The lowest BCUT2D eigenvalue weighted by atomic mass is 9.98. The molecule has 6 heteroatoms. The summed E-state index contributed by atoms with van der Waals surface area (Å²) in [6.07, 6.45) is 0.385. The number of amides is 1. The Morgan fingerprint density at radius 3 is 2.50 bits per heavy atom. The molecule has 0 aliphatic carbocycles. The molecule has 98 valence electrons. The number of rotatable bonds is 5. The molecule has 0 saturated heterocycles. The third-order valence-electron chi connectivity index (χ3n) is 2.84. The second-order valence-corrected chi connectivity index (χ2v) is 4.58. The summed E-state index contributed by atoms with van der Waals surface area (Å²) in [6.45, 7) is 3.32. The van der Waals surface area contributed by atoms with Crippen LogP contribution in [-0.4, -0.2) is 22.5 Å². The molecule has 0 fully saturated rings. The number of anilines is 1. The molecule has 18 heavy (non-hydrogen) atoms. The van der Waals surface area contributed by atoms with Gasteiger partial charge in [0.25, 0.3) is 0 Å². The minimum atomic E-state index is -1.11. The third-order valence-corrected chi connectivity index (χ3v) is 3.16. The first-order valence-electron chi connectivity index (χ1n) is 5.41. The molecular weight excluding hydrogens is 256 g/mol. The number of aliphatic carboxylic acids is 1. The molecule has 4 N–H and O–H groups in total. The zero-order valence-electron chi connectivity index (χ0n) is 10.2. The predicted octanol–water partition coefficient (Wildman–Crippen LogP) is 2.10. The molecule has 0 aliphatic rings. The normalized spacial score (nSPS) is 13.7. The lowest BCUT2D eigenvalue weighted by molar-refractivity contribution is -0.141. The topological polar surface area (TPSA) is 92.4 Å². The van der Waals surface area contributed by atoms with E-state index in [9.17, 15) is 9.59 Å². The van der Waals surface area contributed by atoms with E-state index in [1.165, 1.54) is 12.1 Å². The molecule has 0 aromatic heterocycles. The van der Waals surface area contributed by atoms with Crippen LogP contribution < -0.4 is 11.1 Å². The highest BCUT2D eigenvalue weighted by molar-refractivity contribution is 6.33. The van der Waals surface area contributed by atoms with Crippen LogP contribution in [0.3, 0.4) is 0 Å². The zero-order chi connectivity index (χ0) is 13.9. The standard InChI is InChI=1S/C12H15ClN2O3/c1-3-12(2,11(17)18)15-9-5-4-7(10(14)16)6-8(9)13/h4-6,15H,3H2,1-2H3,(H2,14,16)(H,17,18). The number of benzene rings is 1. The lowest BCUT2D eigenvalue weighted by Gasteiger charge is -2.26. The number of halogens is 1. The molecule has 0 heterocycles. The van der Waals surface area contributed by atoms with Crippen LogP contribution in [0.1, 0.15) is 30.6 Å². The van der Waals surface area contributed by atoms with Crippen molar-refractivity contribution < 1.29 is 14.7 Å². The quantitative estimate of drug-likeness (QED) is 0.764. The van der Waals surface area contributed by atoms with Gasteiger partial charge in [-0.25, -0.2) is 4.79 Å².